The van der Waals surface area contributed by atoms with Gasteiger partial charge in [-0.15, -0.1) is 0 Å². The largest absolute Gasteiger partial charge is 0.388 e. The Morgan fingerprint density at radius 2 is 1.76 bits per heavy atom. The zero-order valence-corrected chi connectivity index (χ0v) is 12.9. The van der Waals surface area contributed by atoms with Crippen molar-refractivity contribution in [2.24, 2.45) is 0 Å². The summed E-state index contributed by atoms with van der Waals surface area (Å²) in [5.41, 5.74) is 0.700. The molecule has 1 atom stereocenters. The quantitative estimate of drug-likeness (QED) is 0.874. The average Bonchev–Trinajstić information content (AvgIpc) is 2.45. The average molecular weight is 316 g/mol. The van der Waals surface area contributed by atoms with Crippen LogP contribution in [-0.2, 0) is 10.0 Å². The van der Waals surface area contributed by atoms with E-state index in [1.807, 2.05) is 0 Å². The Bertz CT molecular complexity index is 554. The van der Waals surface area contributed by atoms with Crippen LogP contribution in [-0.4, -0.2) is 61.7 Å². The van der Waals surface area contributed by atoms with Crippen molar-refractivity contribution >= 4 is 10.0 Å². The first-order valence-corrected chi connectivity index (χ1v) is 8.82. The molecule has 7 heteroatoms. The first-order valence-electron chi connectivity index (χ1n) is 6.97. The second kappa shape index (κ2) is 6.83. The molecule has 1 saturated heterocycles. The van der Waals surface area contributed by atoms with Crippen LogP contribution in [0, 0.1) is 5.82 Å². The fraction of sp³-hybridized carbons (Fsp3) is 0.571. The molecule has 1 aromatic rings. The molecule has 2 rings (SSSR count). The monoisotopic (exact) mass is 316 g/mol. The topological polar surface area (TPSA) is 60.9 Å². The van der Waals surface area contributed by atoms with Gasteiger partial charge in [0.15, 0.2) is 0 Å². The van der Waals surface area contributed by atoms with Crippen molar-refractivity contribution in [2.45, 2.75) is 12.5 Å². The van der Waals surface area contributed by atoms with Gasteiger partial charge >= 0.3 is 0 Å². The molecule has 0 saturated carbocycles. The van der Waals surface area contributed by atoms with Gasteiger partial charge in [-0.05, 0) is 24.1 Å². The zero-order chi connectivity index (χ0) is 15.5. The molecule has 0 amide bonds. The molecule has 21 heavy (non-hydrogen) atoms. The van der Waals surface area contributed by atoms with Crippen molar-refractivity contribution in [3.05, 3.63) is 35.6 Å². The number of nitrogens with zero attached hydrogens (tertiary/aromatic N) is 2. The lowest BCUT2D eigenvalue weighted by Gasteiger charge is -2.33. The number of halogens is 1. The van der Waals surface area contributed by atoms with E-state index in [4.69, 9.17) is 0 Å². The predicted octanol–water partition coefficient (Wildman–Crippen LogP) is 0.826. The highest BCUT2D eigenvalue weighted by Crippen LogP contribution is 2.18. The van der Waals surface area contributed by atoms with Crippen LogP contribution in [0.25, 0.3) is 0 Å². The van der Waals surface area contributed by atoms with E-state index in [1.54, 1.807) is 12.1 Å². The number of aliphatic hydroxyl groups is 1. The van der Waals surface area contributed by atoms with Crippen molar-refractivity contribution in [3.8, 4) is 0 Å². The van der Waals surface area contributed by atoms with Crippen LogP contribution >= 0.6 is 0 Å². The van der Waals surface area contributed by atoms with Gasteiger partial charge in [-0.3, -0.25) is 0 Å². The zero-order valence-electron chi connectivity index (χ0n) is 12.1. The lowest BCUT2D eigenvalue weighted by Crippen LogP contribution is -2.48. The Labute approximate surface area is 125 Å². The van der Waals surface area contributed by atoms with E-state index in [-0.39, 0.29) is 5.82 Å². The number of piperazine rings is 1. The van der Waals surface area contributed by atoms with E-state index in [1.165, 1.54) is 22.7 Å². The maximum atomic E-state index is 12.8. The van der Waals surface area contributed by atoms with Crippen LogP contribution < -0.4 is 0 Å². The summed E-state index contributed by atoms with van der Waals surface area (Å²) >= 11 is 0. The van der Waals surface area contributed by atoms with Gasteiger partial charge in [-0.2, -0.15) is 4.31 Å². The van der Waals surface area contributed by atoms with Gasteiger partial charge in [0.2, 0.25) is 10.0 Å². The number of rotatable bonds is 5. The smallest absolute Gasteiger partial charge is 0.211 e. The number of hydrogen-bond donors (Lipinski definition) is 1. The van der Waals surface area contributed by atoms with E-state index in [0.717, 1.165) is 0 Å². The Morgan fingerprint density at radius 1 is 1.19 bits per heavy atom. The van der Waals surface area contributed by atoms with Gasteiger partial charge in [0, 0.05) is 32.7 Å². The maximum absolute atomic E-state index is 12.8. The molecule has 1 aliphatic heterocycles. The maximum Gasteiger partial charge on any atom is 0.211 e. The minimum atomic E-state index is -3.11. The lowest BCUT2D eigenvalue weighted by atomic mass is 10.1. The Morgan fingerprint density at radius 3 is 2.29 bits per heavy atom. The van der Waals surface area contributed by atoms with Crippen molar-refractivity contribution in [2.75, 3.05) is 39.0 Å². The van der Waals surface area contributed by atoms with E-state index in [9.17, 15) is 17.9 Å². The molecule has 1 N–H and O–H groups in total. The summed E-state index contributed by atoms with van der Waals surface area (Å²) in [4.78, 5) is 2.13. The van der Waals surface area contributed by atoms with Crippen LogP contribution in [0.4, 0.5) is 4.39 Å². The van der Waals surface area contributed by atoms with Crippen LogP contribution in [0.15, 0.2) is 24.3 Å². The van der Waals surface area contributed by atoms with Gasteiger partial charge in [0.1, 0.15) is 5.82 Å². The highest BCUT2D eigenvalue weighted by atomic mass is 32.2. The molecule has 1 unspecified atom stereocenters. The Hall–Kier alpha value is -1.02. The molecule has 1 aliphatic rings. The third-order valence-corrected chi connectivity index (χ3v) is 5.08. The van der Waals surface area contributed by atoms with Crippen LogP contribution in [0.2, 0.25) is 0 Å². The summed E-state index contributed by atoms with van der Waals surface area (Å²) in [6, 6.07) is 5.84. The fourth-order valence-corrected chi connectivity index (χ4v) is 3.27. The van der Waals surface area contributed by atoms with Gasteiger partial charge < -0.3 is 10.0 Å². The SMILES string of the molecule is CS(=O)(=O)N1CCN(CCC(O)c2ccc(F)cc2)CC1. The molecular weight excluding hydrogens is 295 g/mol. The summed E-state index contributed by atoms with van der Waals surface area (Å²) in [7, 11) is -3.11. The Kier molecular flexibility index (Phi) is 5.32. The fourth-order valence-electron chi connectivity index (χ4n) is 2.44. The number of aliphatic hydroxyl groups excluding tert-OH is 1. The van der Waals surface area contributed by atoms with Gasteiger partial charge in [0.05, 0.1) is 12.4 Å². The highest BCUT2D eigenvalue weighted by Gasteiger charge is 2.23. The normalized spacial score (nSPS) is 19.6. The molecule has 1 aromatic carbocycles. The minimum Gasteiger partial charge on any atom is -0.388 e. The number of hydrogen-bond acceptors (Lipinski definition) is 4. The Balaban J connectivity index is 1.78. The molecule has 0 radical (unpaired) electrons. The lowest BCUT2D eigenvalue weighted by molar-refractivity contribution is 0.125. The van der Waals surface area contributed by atoms with Crippen LogP contribution in [0.3, 0.4) is 0 Å². The van der Waals surface area contributed by atoms with Crippen molar-refractivity contribution in [1.29, 1.82) is 0 Å². The summed E-state index contributed by atoms with van der Waals surface area (Å²) in [5, 5.41) is 10.1. The summed E-state index contributed by atoms with van der Waals surface area (Å²) < 4.78 is 37.1. The van der Waals surface area contributed by atoms with Gasteiger partial charge in [-0.1, -0.05) is 12.1 Å². The molecule has 1 heterocycles. The van der Waals surface area contributed by atoms with Gasteiger partial charge in [-0.25, -0.2) is 12.8 Å². The third kappa shape index (κ3) is 4.74. The van der Waals surface area contributed by atoms with Gasteiger partial charge in [0.25, 0.3) is 0 Å². The van der Waals surface area contributed by atoms with E-state index in [0.29, 0.717) is 44.7 Å². The van der Waals surface area contributed by atoms with E-state index < -0.39 is 16.1 Å². The second-order valence-electron chi connectivity index (χ2n) is 5.36. The third-order valence-electron chi connectivity index (χ3n) is 3.77. The molecule has 118 valence electrons. The van der Waals surface area contributed by atoms with Crippen LogP contribution in [0.1, 0.15) is 18.1 Å². The van der Waals surface area contributed by atoms with Crippen LogP contribution in [0.5, 0.6) is 0 Å². The summed E-state index contributed by atoms with van der Waals surface area (Å²) in [6.45, 7) is 3.01. The molecule has 0 bridgehead atoms. The molecule has 0 aromatic heterocycles. The molecule has 5 nitrogen and oxygen atoms in total. The minimum absolute atomic E-state index is 0.317. The molecule has 1 fully saturated rings. The second-order valence-corrected chi connectivity index (χ2v) is 7.34. The van der Waals surface area contributed by atoms with Crippen molar-refractivity contribution < 1.29 is 17.9 Å². The summed E-state index contributed by atoms with van der Waals surface area (Å²) in [6.07, 6.45) is 1.14. The van der Waals surface area contributed by atoms with E-state index in [2.05, 4.69) is 4.90 Å². The van der Waals surface area contributed by atoms with Crippen molar-refractivity contribution in [3.63, 3.8) is 0 Å². The first-order chi connectivity index (χ1) is 9.86. The predicted molar refractivity (Wildman–Crippen MR) is 78.8 cm³/mol. The molecule has 0 spiro atoms. The molecular formula is C14H21FN2O3S. The first kappa shape index (κ1) is 16.4. The number of sulfonamides is 1. The summed E-state index contributed by atoms with van der Waals surface area (Å²) in [5.74, 6) is -0.317. The molecule has 0 aliphatic carbocycles. The standard InChI is InChI=1S/C14H21FN2O3S/c1-21(19,20)17-10-8-16(9-11-17)7-6-14(18)12-2-4-13(15)5-3-12/h2-5,14,18H,6-11H2,1H3. The number of benzene rings is 1. The van der Waals surface area contributed by atoms with E-state index >= 15 is 0 Å². The highest BCUT2D eigenvalue weighted by molar-refractivity contribution is 7.88. The van der Waals surface area contributed by atoms with Crippen molar-refractivity contribution in [1.82, 2.24) is 9.21 Å².